The Hall–Kier alpha value is -10.6. The van der Waals surface area contributed by atoms with Gasteiger partial charge in [0.2, 0.25) is 46.2 Å². The Bertz CT molecular complexity index is 6960. The molecule has 12 aromatic rings. The van der Waals surface area contributed by atoms with E-state index >= 15 is 0 Å². The molecule has 0 aliphatic rings. The first-order chi connectivity index (χ1) is 69.5. The number of esters is 3. The van der Waals surface area contributed by atoms with Crippen molar-refractivity contribution in [3.05, 3.63) is 260 Å². The van der Waals surface area contributed by atoms with E-state index in [4.69, 9.17) is 43.0 Å². The van der Waals surface area contributed by atoms with Gasteiger partial charge in [-0.15, -0.1) is 24.0 Å². The summed E-state index contributed by atoms with van der Waals surface area (Å²) >= 11 is 11.9. The predicted molar refractivity (Wildman–Crippen MR) is 598 cm³/mol. The number of H-pyrrole nitrogens is 1. The van der Waals surface area contributed by atoms with E-state index in [1.807, 2.05) is 51.1 Å². The molecule has 148 heavy (non-hydrogen) atoms. The summed E-state index contributed by atoms with van der Waals surface area (Å²) in [5, 5.41) is 52.5. The van der Waals surface area contributed by atoms with Crippen LogP contribution in [-0.4, -0.2) is 187 Å². The fourth-order valence-corrected chi connectivity index (χ4v) is 15.4. The summed E-state index contributed by atoms with van der Waals surface area (Å²) in [6.07, 6.45) is 3.11. The van der Waals surface area contributed by atoms with Crippen LogP contribution in [0.2, 0.25) is 0 Å². The SMILES string of the molecule is CCCCI.CCOC(=O)CCCn1c(=O)cc(C)c2ccc(N)cc21.Cc1cc(=O)[nH]c2cc(N)ccc12.Cc1cc(=O)n(CCCC(=O)O)c2cc(N)ccc12.Cc1cc(=O)n(CCCC(=O)Oc2c(F)c(F)cc(F)c2F)c2cc(N)ccc12.Cc1cc(=O)n(CCCC(=O)Oc2c(F)c(F)cc(F)c2F)c2cc(NC(=O)CN(CCN(CCN(CC(=O)O)CC(=O)O)CC(=O)O)CC(=O)O)ccc12.I.II.I[I-]I. The number of carboxylic acids is 5. The molecule has 0 fully saturated rings. The number of aliphatic carboxylic acids is 5. The Kier molecular flexibility index (Phi) is 57.4. The summed E-state index contributed by atoms with van der Waals surface area (Å²) in [7, 11) is 0. The molecule has 0 saturated carbocycles. The van der Waals surface area contributed by atoms with Crippen LogP contribution in [0.25, 0.3) is 54.5 Å². The van der Waals surface area contributed by atoms with E-state index in [1.54, 1.807) is 96.6 Å². The van der Waals surface area contributed by atoms with Crippen LogP contribution in [-0.2, 0) is 74.1 Å². The molecule has 15 N–H and O–H groups in total. The molecule has 0 radical (unpaired) electrons. The van der Waals surface area contributed by atoms with Gasteiger partial charge in [0, 0.05) is 213 Å². The van der Waals surface area contributed by atoms with Gasteiger partial charge in [0.05, 0.1) is 66.9 Å². The molecule has 35 nitrogen and oxygen atoms in total. The van der Waals surface area contributed by atoms with Crippen molar-refractivity contribution >= 4 is 258 Å². The Morgan fingerprint density at radius 1 is 0.392 bits per heavy atom. The fraction of sp³-hybridized carbons (Fsp3) is 0.327. The number of rotatable bonds is 38. The van der Waals surface area contributed by atoms with Crippen LogP contribution >= 0.6 is 121 Å². The number of aryl methyl sites for hydroxylation is 9. The normalized spacial score (nSPS) is 10.7. The van der Waals surface area contributed by atoms with E-state index in [0.717, 1.165) is 65.2 Å². The zero-order chi connectivity index (χ0) is 110. The number of nitrogens with zero attached hydrogens (tertiary/aromatic N) is 7. The Balaban J connectivity index is 0.000000409. The molecule has 0 saturated heterocycles. The molecule has 5 heterocycles. The van der Waals surface area contributed by atoms with Crippen molar-refractivity contribution < 1.29 is 131 Å². The molecule has 1 amide bonds. The van der Waals surface area contributed by atoms with Gasteiger partial charge < -0.3 is 91.2 Å². The summed E-state index contributed by atoms with van der Waals surface area (Å²) in [6.45, 7) is 10.9. The van der Waals surface area contributed by atoms with Gasteiger partial charge >= 0.3 is 98.2 Å². The Labute approximate surface area is 925 Å². The second-order valence-corrected chi connectivity index (χ2v) is 49.8. The first-order valence-electron chi connectivity index (χ1n) is 44.6. The molecule has 0 unspecified atom stereocenters. The number of hydrogen-bond acceptors (Lipinski definition) is 24. The van der Waals surface area contributed by atoms with Crippen LogP contribution in [0.1, 0.15) is 106 Å². The average molecular weight is 2860 g/mol. The number of aromatic amines is 1. The van der Waals surface area contributed by atoms with Crippen LogP contribution in [0, 0.1) is 81.2 Å². The van der Waals surface area contributed by atoms with Gasteiger partial charge in [-0.25, -0.2) is 17.6 Å². The topological polar surface area (TPSA) is 529 Å². The molecular formula is C98H109F8I7N13O22-. The van der Waals surface area contributed by atoms with Gasteiger partial charge in [-0.1, -0.05) is 66.3 Å². The number of aromatic nitrogens is 5. The fourth-order valence-electron chi connectivity index (χ4n) is 14.6. The molecule has 12 rings (SSSR count). The Morgan fingerprint density at radius 2 is 0.689 bits per heavy atom. The van der Waals surface area contributed by atoms with Gasteiger partial charge in [-0.2, -0.15) is 17.6 Å². The molecule has 0 aliphatic heterocycles. The standard InChI is InChI=1S/C34H37F4N5O12.C20H16F4N2O3.C16H20N2O3.C14H16N2O3.C10H10N2O.C4H9I.I3.I2.HI/c1-19-11-26(45)43(6-2-3-31(54)55-34-32(37)22(35)13-23(36)33(34)38)24-12-20(4-5-21(19)24)39-25(44)14-41(16-28(48)49)9-7-40(15-27(46)47)8-10-42(17-29(50)51)18-30(52)53;1-10-7-16(27)26(15-8-11(25)4-5-12(10)15)6-2-3-17(28)29-20-18(23)13(21)9-14(22)19(20)24;1-3-21-16(20)5-4-8-18-14-10-12(17)6-7-13(14)11(2)9-15(18)19;1-9-7-13(17)16(6-2-3-14(18)19)12-8-10(15)4-5-11(9)12;1-6-4-10(13)12-9-5-7(11)2-3-8(6)9;1-2-3-4-5;1-3-2;1-2;/h4-5,11-13H,2-3,6-10,14-18H2,1H3,(H,39,44)(H,46,47)(H,48,49)(H,50,51)(H,52,53);4-5,7-9H,2-3,6,25H2,1H3;6-7,9-10H,3-5,8,17H2,1-2H3;4-5,7-8H,2-3,6,15H2,1H3,(H,18,19);2-5H,11H2,1H3,(H,12,13);2-4H2,1H3;;;1H/q;;;;;;-1;;. The van der Waals surface area contributed by atoms with E-state index in [1.165, 1.54) is 60.5 Å². The van der Waals surface area contributed by atoms with E-state index in [2.05, 4.69) is 124 Å². The van der Waals surface area contributed by atoms with Crippen molar-refractivity contribution in [2.75, 3.05) is 98.2 Å². The summed E-state index contributed by atoms with van der Waals surface area (Å²) in [5.74, 6) is -26.6. The number of ether oxygens (including phenoxy) is 3. The number of hydrogen-bond donors (Lipinski definition) is 11. The average Bonchev–Trinajstić information content (AvgIpc) is 0.786. The summed E-state index contributed by atoms with van der Waals surface area (Å²) in [5.41, 5.74) is 31.7. The zero-order valence-electron chi connectivity index (χ0n) is 80.7. The quantitative estimate of drug-likeness (QED) is 0.00326. The van der Waals surface area contributed by atoms with Crippen molar-refractivity contribution in [2.45, 2.75) is 139 Å². The predicted octanol–water partition coefficient (Wildman–Crippen LogP) is 14.1. The number of benzene rings is 7. The summed E-state index contributed by atoms with van der Waals surface area (Å²) in [4.78, 5) is 171. The molecule has 7 aromatic carbocycles. The summed E-state index contributed by atoms with van der Waals surface area (Å²) in [6, 6.07) is 33.6. The number of carboxylic acid groups (broad SMARTS) is 5. The number of pyridine rings is 5. The number of nitrogens with one attached hydrogen (secondary N) is 2. The second-order valence-electron chi connectivity index (χ2n) is 32.5. The maximum absolute atomic E-state index is 13.9. The summed E-state index contributed by atoms with van der Waals surface area (Å²) < 4.78 is 129. The number of anilines is 5. The first-order valence-corrected chi connectivity index (χ1v) is 65.0. The number of unbranched alkanes of at least 4 members (excludes halogenated alkanes) is 1. The molecular weight excluding hydrogens is 2750 g/mol. The Morgan fingerprint density at radius 3 is 1.01 bits per heavy atom. The maximum atomic E-state index is 13.9. The van der Waals surface area contributed by atoms with Crippen LogP contribution < -0.4 is 78.8 Å². The number of halogens is 15. The second kappa shape index (κ2) is 65.5. The van der Waals surface area contributed by atoms with E-state index in [0.29, 0.717) is 96.9 Å². The van der Waals surface area contributed by atoms with E-state index in [-0.39, 0.29) is 135 Å². The van der Waals surface area contributed by atoms with Crippen molar-refractivity contribution in [3.63, 3.8) is 0 Å². The molecule has 0 bridgehead atoms. The first kappa shape index (κ1) is 130. The minimum absolute atomic E-state index is 0. The number of nitrogen functional groups attached to an aromatic ring is 4. The molecule has 5 aromatic heterocycles. The third kappa shape index (κ3) is 42.0. The van der Waals surface area contributed by atoms with Gasteiger partial charge in [-0.3, -0.25) is 81.8 Å². The third-order valence-electron chi connectivity index (χ3n) is 21.4. The minimum atomic E-state index is -1.90. The van der Waals surface area contributed by atoms with Gasteiger partial charge in [-0.05, 0) is 167 Å². The van der Waals surface area contributed by atoms with Gasteiger partial charge in [0.1, 0.15) is 0 Å². The van der Waals surface area contributed by atoms with Crippen molar-refractivity contribution in [3.8, 4) is 11.5 Å². The van der Waals surface area contributed by atoms with Crippen LogP contribution in [0.5, 0.6) is 11.5 Å². The number of carbonyl (C=O) groups excluding carboxylic acids is 4. The number of nitrogens with two attached hydrogens (primary N) is 4. The third-order valence-corrected chi connectivity index (χ3v) is 22.2. The molecule has 0 spiro atoms. The van der Waals surface area contributed by atoms with Gasteiger partial charge in [0.15, 0.2) is 23.3 Å². The van der Waals surface area contributed by atoms with Crippen LogP contribution in [0.15, 0.2) is 157 Å². The number of fused-ring (bicyclic) bond motifs is 5. The van der Waals surface area contributed by atoms with Crippen molar-refractivity contribution in [1.82, 2.24) is 38.0 Å². The number of alkyl halides is 1. The van der Waals surface area contributed by atoms with E-state index < -0.39 is 150 Å². The molecule has 0 aliphatic carbocycles. The number of amides is 1. The number of carbonyl (C=O) groups is 9. The van der Waals surface area contributed by atoms with Crippen molar-refractivity contribution in [2.24, 2.45) is 0 Å². The molecule has 0 atom stereocenters. The van der Waals surface area contributed by atoms with E-state index in [9.17, 15) is 112 Å². The van der Waals surface area contributed by atoms with Crippen LogP contribution in [0.3, 0.4) is 0 Å². The monoisotopic (exact) mass is 2860 g/mol. The molecule has 50 heteroatoms. The van der Waals surface area contributed by atoms with Gasteiger partial charge in [0.25, 0.3) is 22.2 Å². The zero-order valence-corrected chi connectivity index (χ0v) is 96.0. The molecule has 804 valence electrons. The van der Waals surface area contributed by atoms with Crippen molar-refractivity contribution in [1.29, 1.82) is 0 Å². The van der Waals surface area contributed by atoms with Crippen LogP contribution in [0.4, 0.5) is 63.6 Å².